The quantitative estimate of drug-likeness (QED) is 0.629. The Morgan fingerprint density at radius 3 is 2.62 bits per heavy atom. The van der Waals surface area contributed by atoms with E-state index in [4.69, 9.17) is 17.3 Å². The van der Waals surface area contributed by atoms with Gasteiger partial charge in [0, 0.05) is 17.3 Å². The highest BCUT2D eigenvalue weighted by Crippen LogP contribution is 2.20. The summed E-state index contributed by atoms with van der Waals surface area (Å²) in [7, 11) is 0. The van der Waals surface area contributed by atoms with Gasteiger partial charge in [-0.25, -0.2) is 4.79 Å². The molecule has 0 heterocycles. The average molecular weight is 313 g/mol. The molecule has 0 aliphatic carbocycles. The van der Waals surface area contributed by atoms with Gasteiger partial charge in [0.25, 0.3) is 5.91 Å². The van der Waals surface area contributed by atoms with Crippen molar-refractivity contribution in [2.75, 3.05) is 18.4 Å². The average Bonchev–Trinajstić information content (AvgIpc) is 2.42. The van der Waals surface area contributed by atoms with E-state index in [-0.39, 0.29) is 12.1 Å². The van der Waals surface area contributed by atoms with Crippen LogP contribution < -0.4 is 21.7 Å². The lowest BCUT2D eigenvalue weighted by atomic mass is 10.1. The van der Waals surface area contributed by atoms with Crippen LogP contribution in [0.2, 0.25) is 5.02 Å². The van der Waals surface area contributed by atoms with E-state index in [1.165, 1.54) is 18.2 Å². The second kappa shape index (κ2) is 8.11. The molecule has 21 heavy (non-hydrogen) atoms. The van der Waals surface area contributed by atoms with E-state index in [1.807, 2.05) is 6.92 Å². The number of nitrogens with two attached hydrogens (primary N) is 1. The highest BCUT2D eigenvalue weighted by Gasteiger charge is 2.11. The SMILES string of the molecule is CCCNC(=O)NC(=O)CNc1cc(Cl)ccc1C(N)=O. The molecule has 0 saturated carbocycles. The van der Waals surface area contributed by atoms with Crippen molar-refractivity contribution in [3.8, 4) is 0 Å². The van der Waals surface area contributed by atoms with Crippen molar-refractivity contribution in [3.63, 3.8) is 0 Å². The van der Waals surface area contributed by atoms with Gasteiger partial charge in [-0.1, -0.05) is 18.5 Å². The zero-order chi connectivity index (χ0) is 15.8. The molecular weight excluding hydrogens is 296 g/mol. The highest BCUT2D eigenvalue weighted by atomic mass is 35.5. The van der Waals surface area contributed by atoms with Crippen molar-refractivity contribution in [2.45, 2.75) is 13.3 Å². The Balaban J connectivity index is 2.59. The second-order valence-electron chi connectivity index (χ2n) is 4.21. The molecule has 1 rings (SSSR count). The number of hydrogen-bond acceptors (Lipinski definition) is 4. The van der Waals surface area contributed by atoms with E-state index in [0.717, 1.165) is 6.42 Å². The molecule has 7 nitrogen and oxygen atoms in total. The van der Waals surface area contributed by atoms with E-state index in [0.29, 0.717) is 17.3 Å². The Kier molecular flexibility index (Phi) is 6.48. The third-order valence-electron chi connectivity index (χ3n) is 2.47. The minimum Gasteiger partial charge on any atom is -0.375 e. The van der Waals surface area contributed by atoms with E-state index < -0.39 is 17.8 Å². The summed E-state index contributed by atoms with van der Waals surface area (Å²) in [6.45, 7) is 2.18. The minimum atomic E-state index is -0.643. The number of hydrogen-bond donors (Lipinski definition) is 4. The number of amides is 4. The summed E-state index contributed by atoms with van der Waals surface area (Å²) in [6, 6.07) is 3.89. The van der Waals surface area contributed by atoms with Gasteiger partial charge in [0.15, 0.2) is 0 Å². The van der Waals surface area contributed by atoms with E-state index in [1.54, 1.807) is 0 Å². The summed E-state index contributed by atoms with van der Waals surface area (Å²) in [4.78, 5) is 34.1. The molecule has 1 aromatic carbocycles. The van der Waals surface area contributed by atoms with Crippen LogP contribution >= 0.6 is 11.6 Å². The maximum Gasteiger partial charge on any atom is 0.321 e. The van der Waals surface area contributed by atoms with Crippen LogP contribution in [-0.4, -0.2) is 30.9 Å². The third kappa shape index (κ3) is 5.70. The molecule has 0 aliphatic rings. The van der Waals surface area contributed by atoms with Gasteiger partial charge in [-0.05, 0) is 24.6 Å². The second-order valence-corrected chi connectivity index (χ2v) is 4.65. The molecule has 0 atom stereocenters. The van der Waals surface area contributed by atoms with Gasteiger partial charge in [-0.15, -0.1) is 0 Å². The first kappa shape index (κ1) is 16.8. The predicted molar refractivity (Wildman–Crippen MR) is 80.3 cm³/mol. The monoisotopic (exact) mass is 312 g/mol. The number of rotatable bonds is 6. The molecule has 114 valence electrons. The number of halogens is 1. The zero-order valence-corrected chi connectivity index (χ0v) is 12.3. The number of imide groups is 1. The molecule has 0 radical (unpaired) electrons. The Hall–Kier alpha value is -2.28. The van der Waals surface area contributed by atoms with Gasteiger partial charge in [0.2, 0.25) is 5.91 Å². The Labute approximate surface area is 127 Å². The molecule has 0 unspecified atom stereocenters. The van der Waals surface area contributed by atoms with Crippen molar-refractivity contribution in [1.82, 2.24) is 10.6 Å². The van der Waals surface area contributed by atoms with Crippen LogP contribution in [0.3, 0.4) is 0 Å². The van der Waals surface area contributed by atoms with Crippen LogP contribution in [0.4, 0.5) is 10.5 Å². The molecular formula is C13H17ClN4O3. The van der Waals surface area contributed by atoms with Crippen LogP contribution in [0.25, 0.3) is 0 Å². The van der Waals surface area contributed by atoms with Crippen LogP contribution in [0, 0.1) is 0 Å². The first-order valence-corrected chi connectivity index (χ1v) is 6.72. The summed E-state index contributed by atoms with van der Waals surface area (Å²) in [5.74, 6) is -1.19. The summed E-state index contributed by atoms with van der Waals surface area (Å²) in [6.07, 6.45) is 0.768. The van der Waals surface area contributed by atoms with Crippen LogP contribution in [0.5, 0.6) is 0 Å². The van der Waals surface area contributed by atoms with Gasteiger partial charge < -0.3 is 16.4 Å². The largest absolute Gasteiger partial charge is 0.375 e. The Morgan fingerprint density at radius 2 is 2.00 bits per heavy atom. The summed E-state index contributed by atoms with van der Waals surface area (Å²) >= 11 is 5.82. The van der Waals surface area contributed by atoms with Gasteiger partial charge in [0.05, 0.1) is 12.1 Å². The van der Waals surface area contributed by atoms with Crippen LogP contribution in [0.1, 0.15) is 23.7 Å². The van der Waals surface area contributed by atoms with Crippen LogP contribution in [0.15, 0.2) is 18.2 Å². The number of urea groups is 1. The van der Waals surface area contributed by atoms with Crippen molar-refractivity contribution >= 4 is 35.1 Å². The zero-order valence-electron chi connectivity index (χ0n) is 11.5. The smallest absolute Gasteiger partial charge is 0.321 e. The van der Waals surface area contributed by atoms with Crippen molar-refractivity contribution in [3.05, 3.63) is 28.8 Å². The minimum absolute atomic E-state index is 0.194. The van der Waals surface area contributed by atoms with Gasteiger partial charge in [0.1, 0.15) is 0 Å². The molecule has 5 N–H and O–H groups in total. The molecule has 0 saturated heterocycles. The van der Waals surface area contributed by atoms with Crippen LogP contribution in [-0.2, 0) is 4.79 Å². The summed E-state index contributed by atoms with van der Waals surface area (Å²) < 4.78 is 0. The van der Waals surface area contributed by atoms with E-state index in [2.05, 4.69) is 16.0 Å². The Morgan fingerprint density at radius 1 is 1.29 bits per heavy atom. The van der Waals surface area contributed by atoms with Gasteiger partial charge >= 0.3 is 6.03 Å². The molecule has 4 amide bonds. The summed E-state index contributed by atoms with van der Waals surface area (Å²) in [5, 5.41) is 7.77. The number of nitrogens with one attached hydrogen (secondary N) is 3. The van der Waals surface area contributed by atoms with Gasteiger partial charge in [-0.2, -0.15) is 0 Å². The summed E-state index contributed by atoms with van der Waals surface area (Å²) in [5.41, 5.74) is 5.76. The number of primary amides is 1. The molecule has 1 aromatic rings. The lowest BCUT2D eigenvalue weighted by Gasteiger charge is -2.10. The number of anilines is 1. The fourth-order valence-electron chi connectivity index (χ4n) is 1.51. The van der Waals surface area contributed by atoms with Crippen molar-refractivity contribution < 1.29 is 14.4 Å². The number of carbonyl (C=O) groups is 3. The van der Waals surface area contributed by atoms with E-state index in [9.17, 15) is 14.4 Å². The topological polar surface area (TPSA) is 113 Å². The number of carbonyl (C=O) groups excluding carboxylic acids is 3. The van der Waals surface area contributed by atoms with Gasteiger partial charge in [-0.3, -0.25) is 14.9 Å². The maximum atomic E-state index is 11.6. The standard InChI is InChI=1S/C13H17ClN4O3/c1-2-5-16-13(21)18-11(19)7-17-10-6-8(14)3-4-9(10)12(15)20/h3-4,6,17H,2,5,7H2,1H3,(H2,15,20)(H2,16,18,19,21). The molecule has 0 bridgehead atoms. The highest BCUT2D eigenvalue weighted by molar-refractivity contribution is 6.31. The first-order valence-electron chi connectivity index (χ1n) is 6.35. The third-order valence-corrected chi connectivity index (χ3v) is 2.71. The number of benzene rings is 1. The maximum absolute atomic E-state index is 11.6. The molecule has 0 spiro atoms. The lowest BCUT2D eigenvalue weighted by molar-refractivity contribution is -0.118. The fourth-order valence-corrected chi connectivity index (χ4v) is 1.68. The molecule has 0 fully saturated rings. The molecule has 0 aromatic heterocycles. The Bertz CT molecular complexity index is 548. The normalized spacial score (nSPS) is 9.81. The molecule has 8 heteroatoms. The van der Waals surface area contributed by atoms with Crippen molar-refractivity contribution in [2.24, 2.45) is 5.73 Å². The van der Waals surface area contributed by atoms with E-state index >= 15 is 0 Å². The predicted octanol–water partition coefficient (Wildman–Crippen LogP) is 1.09. The lowest BCUT2D eigenvalue weighted by Crippen LogP contribution is -2.42. The first-order chi connectivity index (χ1) is 9.93. The fraction of sp³-hybridized carbons (Fsp3) is 0.308. The van der Waals surface area contributed by atoms with Crippen molar-refractivity contribution in [1.29, 1.82) is 0 Å². The molecule has 0 aliphatic heterocycles.